The number of likely N-dealkylation sites (N-methyl/N-ethyl adjacent to an activating group) is 1. The van der Waals surface area contributed by atoms with E-state index >= 15 is 0 Å². The van der Waals surface area contributed by atoms with E-state index in [2.05, 4.69) is 36.5 Å². The van der Waals surface area contributed by atoms with Gasteiger partial charge in [-0.05, 0) is 44.4 Å². The molecular weight excluding hydrogens is 368 g/mol. The number of carbonyl (C=O) groups is 2. The van der Waals surface area contributed by atoms with Crippen LogP contribution in [0.3, 0.4) is 0 Å². The number of aryl methyl sites for hydroxylation is 2. The van der Waals surface area contributed by atoms with Gasteiger partial charge >= 0.3 is 0 Å². The minimum Gasteiger partial charge on any atom is -0.355 e. The molecule has 0 heterocycles. The van der Waals surface area contributed by atoms with Gasteiger partial charge in [0.1, 0.15) is 6.04 Å². The molecule has 0 aromatic heterocycles. The second-order valence-electron chi connectivity index (χ2n) is 7.00. The molecule has 0 aliphatic rings. The van der Waals surface area contributed by atoms with Gasteiger partial charge in [-0.15, -0.1) is 11.8 Å². The molecule has 150 valence electrons. The third-order valence-electron chi connectivity index (χ3n) is 4.74. The Labute approximate surface area is 172 Å². The van der Waals surface area contributed by atoms with E-state index in [0.717, 1.165) is 16.9 Å². The van der Waals surface area contributed by atoms with Crippen molar-refractivity contribution >= 4 is 23.6 Å². The first kappa shape index (κ1) is 22.0. The minimum atomic E-state index is -0.507. The van der Waals surface area contributed by atoms with Crippen molar-refractivity contribution in [3.8, 4) is 0 Å². The van der Waals surface area contributed by atoms with Gasteiger partial charge in [0.2, 0.25) is 11.8 Å². The van der Waals surface area contributed by atoms with Crippen LogP contribution >= 0.6 is 11.8 Å². The summed E-state index contributed by atoms with van der Waals surface area (Å²) < 4.78 is 0. The number of nitrogens with one attached hydrogen (secondary N) is 1. The molecule has 0 radical (unpaired) electrons. The topological polar surface area (TPSA) is 49.4 Å². The normalized spacial score (nSPS) is 11.7. The van der Waals surface area contributed by atoms with Crippen molar-refractivity contribution in [3.63, 3.8) is 0 Å². The number of nitrogens with zero attached hydrogens (tertiary/aromatic N) is 1. The summed E-state index contributed by atoms with van der Waals surface area (Å²) in [5.74, 6) is 0.996. The van der Waals surface area contributed by atoms with Gasteiger partial charge in [-0.3, -0.25) is 9.59 Å². The van der Waals surface area contributed by atoms with Crippen molar-refractivity contribution in [2.75, 3.05) is 12.3 Å². The summed E-state index contributed by atoms with van der Waals surface area (Å²) in [5.41, 5.74) is 4.61. The lowest BCUT2D eigenvalue weighted by molar-refractivity contribution is -0.138. The maximum atomic E-state index is 13.0. The highest BCUT2D eigenvalue weighted by molar-refractivity contribution is 7.99. The maximum Gasteiger partial charge on any atom is 0.242 e. The molecule has 0 aliphatic carbocycles. The Balaban J connectivity index is 2.06. The first-order valence-corrected chi connectivity index (χ1v) is 10.8. The first-order chi connectivity index (χ1) is 13.4. The Bertz CT molecular complexity index is 789. The molecule has 4 nitrogen and oxygen atoms in total. The Morgan fingerprint density at radius 2 is 1.75 bits per heavy atom. The average Bonchev–Trinajstić information content (AvgIpc) is 2.68. The molecule has 2 aromatic rings. The fourth-order valence-corrected chi connectivity index (χ4v) is 3.77. The highest BCUT2D eigenvalue weighted by atomic mass is 32.2. The Kier molecular flexibility index (Phi) is 8.58. The van der Waals surface area contributed by atoms with Crippen molar-refractivity contribution in [1.29, 1.82) is 0 Å². The molecule has 1 N–H and O–H groups in total. The SMILES string of the molecule is CCNC(=O)[C@@H](C)N(Cc1ccccc1C)C(=O)CSCc1ccc(C)cc1. The van der Waals surface area contributed by atoms with Gasteiger partial charge in [0.25, 0.3) is 0 Å². The van der Waals surface area contributed by atoms with E-state index in [-0.39, 0.29) is 11.8 Å². The largest absolute Gasteiger partial charge is 0.355 e. The van der Waals surface area contributed by atoms with Gasteiger partial charge in [0.15, 0.2) is 0 Å². The summed E-state index contributed by atoms with van der Waals surface area (Å²) in [5, 5.41) is 2.83. The number of amides is 2. The van der Waals surface area contributed by atoms with Crippen molar-refractivity contribution in [2.45, 2.75) is 46.0 Å². The van der Waals surface area contributed by atoms with E-state index < -0.39 is 6.04 Å². The zero-order valence-corrected chi connectivity index (χ0v) is 18.0. The summed E-state index contributed by atoms with van der Waals surface area (Å²) in [4.78, 5) is 27.0. The van der Waals surface area contributed by atoms with Crippen LogP contribution < -0.4 is 5.32 Å². The summed E-state index contributed by atoms with van der Waals surface area (Å²) >= 11 is 1.58. The molecule has 0 aliphatic heterocycles. The van der Waals surface area contributed by atoms with Crippen LogP contribution in [0.5, 0.6) is 0 Å². The standard InChI is InChI=1S/C23H30N2O2S/c1-5-24-23(27)19(4)25(14-21-9-7-6-8-18(21)3)22(26)16-28-15-20-12-10-17(2)11-13-20/h6-13,19H,5,14-16H2,1-4H3,(H,24,27)/t19-/m1/s1. The lowest BCUT2D eigenvalue weighted by Crippen LogP contribution is -2.48. The summed E-state index contributed by atoms with van der Waals surface area (Å²) in [6, 6.07) is 15.8. The molecule has 5 heteroatoms. The van der Waals surface area contributed by atoms with E-state index in [0.29, 0.717) is 18.8 Å². The zero-order valence-electron chi connectivity index (χ0n) is 17.2. The third-order valence-corrected chi connectivity index (χ3v) is 5.72. The van der Waals surface area contributed by atoms with Crippen LogP contribution in [0.4, 0.5) is 0 Å². The molecule has 0 unspecified atom stereocenters. The van der Waals surface area contributed by atoms with Crippen LogP contribution in [0.15, 0.2) is 48.5 Å². The van der Waals surface area contributed by atoms with E-state index in [1.807, 2.05) is 38.1 Å². The molecule has 0 spiro atoms. The Morgan fingerprint density at radius 1 is 1.07 bits per heavy atom. The maximum absolute atomic E-state index is 13.0. The van der Waals surface area contributed by atoms with E-state index in [9.17, 15) is 9.59 Å². The Morgan fingerprint density at radius 3 is 2.39 bits per heavy atom. The van der Waals surface area contributed by atoms with Gasteiger partial charge in [-0.1, -0.05) is 54.1 Å². The van der Waals surface area contributed by atoms with Crippen LogP contribution in [0.2, 0.25) is 0 Å². The fraction of sp³-hybridized carbons (Fsp3) is 0.391. The second-order valence-corrected chi connectivity index (χ2v) is 7.98. The Hall–Kier alpha value is -2.27. The fourth-order valence-electron chi connectivity index (χ4n) is 2.90. The van der Waals surface area contributed by atoms with E-state index in [4.69, 9.17) is 0 Å². The molecule has 28 heavy (non-hydrogen) atoms. The van der Waals surface area contributed by atoms with Crippen molar-refractivity contribution in [3.05, 3.63) is 70.8 Å². The van der Waals surface area contributed by atoms with Crippen molar-refractivity contribution < 1.29 is 9.59 Å². The summed E-state index contributed by atoms with van der Waals surface area (Å²) in [7, 11) is 0. The van der Waals surface area contributed by atoms with Gasteiger partial charge in [-0.25, -0.2) is 0 Å². The van der Waals surface area contributed by atoms with E-state index in [1.165, 1.54) is 11.1 Å². The van der Waals surface area contributed by atoms with Gasteiger partial charge < -0.3 is 10.2 Å². The molecule has 0 saturated heterocycles. The predicted molar refractivity (Wildman–Crippen MR) is 117 cm³/mol. The molecular formula is C23H30N2O2S. The van der Waals surface area contributed by atoms with E-state index in [1.54, 1.807) is 23.6 Å². The molecule has 2 rings (SSSR count). The van der Waals surface area contributed by atoms with Gasteiger partial charge in [0.05, 0.1) is 5.75 Å². The van der Waals surface area contributed by atoms with Crippen LogP contribution in [-0.2, 0) is 21.9 Å². The number of hydrogen-bond donors (Lipinski definition) is 1. The number of thioether (sulfide) groups is 1. The van der Waals surface area contributed by atoms with Gasteiger partial charge in [0, 0.05) is 18.8 Å². The lowest BCUT2D eigenvalue weighted by atomic mass is 10.1. The second kappa shape index (κ2) is 10.9. The summed E-state index contributed by atoms with van der Waals surface area (Å²) in [6.45, 7) is 8.77. The third kappa shape index (κ3) is 6.41. The molecule has 0 saturated carbocycles. The monoisotopic (exact) mass is 398 g/mol. The lowest BCUT2D eigenvalue weighted by Gasteiger charge is -2.29. The zero-order chi connectivity index (χ0) is 20.5. The van der Waals surface area contributed by atoms with Crippen LogP contribution in [0, 0.1) is 13.8 Å². The van der Waals surface area contributed by atoms with Crippen molar-refractivity contribution in [1.82, 2.24) is 10.2 Å². The molecule has 1 atom stereocenters. The number of hydrogen-bond acceptors (Lipinski definition) is 3. The number of rotatable bonds is 9. The molecule has 0 fully saturated rings. The smallest absolute Gasteiger partial charge is 0.242 e. The number of carbonyl (C=O) groups excluding carboxylic acids is 2. The minimum absolute atomic E-state index is 0.0147. The number of benzene rings is 2. The molecule has 0 bridgehead atoms. The van der Waals surface area contributed by atoms with Gasteiger partial charge in [-0.2, -0.15) is 0 Å². The van der Waals surface area contributed by atoms with Crippen molar-refractivity contribution in [2.24, 2.45) is 0 Å². The molecule has 2 aromatic carbocycles. The van der Waals surface area contributed by atoms with Crippen LogP contribution in [0.25, 0.3) is 0 Å². The van der Waals surface area contributed by atoms with Crippen LogP contribution in [0.1, 0.15) is 36.1 Å². The first-order valence-electron chi connectivity index (χ1n) is 9.67. The molecule has 2 amide bonds. The highest BCUT2D eigenvalue weighted by Gasteiger charge is 2.26. The quantitative estimate of drug-likeness (QED) is 0.692. The summed E-state index contributed by atoms with van der Waals surface area (Å²) in [6.07, 6.45) is 0. The predicted octanol–water partition coefficient (Wildman–Crippen LogP) is 4.09. The highest BCUT2D eigenvalue weighted by Crippen LogP contribution is 2.17. The van der Waals surface area contributed by atoms with Crippen LogP contribution in [-0.4, -0.2) is 35.1 Å². The average molecular weight is 399 g/mol.